The lowest BCUT2D eigenvalue weighted by Gasteiger charge is -2.38. The zero-order valence-corrected chi connectivity index (χ0v) is 18.4. The van der Waals surface area contributed by atoms with E-state index >= 15 is 0 Å². The van der Waals surface area contributed by atoms with Crippen molar-refractivity contribution < 1.29 is 40.5 Å². The molecule has 0 aliphatic carbocycles. The van der Waals surface area contributed by atoms with Gasteiger partial charge in [-0.1, -0.05) is 6.07 Å². The average Bonchev–Trinajstić information content (AvgIpc) is 2.73. The number of rotatable bonds is 8. The summed E-state index contributed by atoms with van der Waals surface area (Å²) in [7, 11) is 0. The van der Waals surface area contributed by atoms with Crippen molar-refractivity contribution >= 4 is 23.5 Å². The Bertz CT molecular complexity index is 923. The van der Waals surface area contributed by atoms with E-state index in [2.05, 4.69) is 0 Å². The van der Waals surface area contributed by atoms with Gasteiger partial charge in [0.05, 0.1) is 24.0 Å². The lowest BCUT2D eigenvalue weighted by Crippen LogP contribution is -2.34. The number of phenolic OH excluding ortho intramolecular Hbond substituents is 4. The van der Waals surface area contributed by atoms with E-state index < -0.39 is 17.5 Å². The molecule has 1 heterocycles. The van der Waals surface area contributed by atoms with Crippen LogP contribution in [0.1, 0.15) is 40.2 Å². The number of benzene rings is 2. The molecule has 3 rings (SSSR count). The largest absolute Gasteiger partial charge is 0.507 e. The van der Waals surface area contributed by atoms with Crippen molar-refractivity contribution in [3.63, 3.8) is 0 Å². The molecule has 31 heavy (non-hydrogen) atoms. The first-order valence-corrected chi connectivity index (χ1v) is 11.8. The molecule has 0 aromatic heterocycles. The SMILES string of the molecule is C[C@@H](SCCO)c1c(O)cc(O)c2c1O[C@H](c1ccc(O)c(O)c1)[C@H](O)[C@H]2SCCO. The Morgan fingerprint density at radius 2 is 1.65 bits per heavy atom. The van der Waals surface area contributed by atoms with Crippen LogP contribution >= 0.6 is 23.5 Å². The van der Waals surface area contributed by atoms with Gasteiger partial charge in [-0.2, -0.15) is 11.8 Å². The highest BCUT2D eigenvalue weighted by molar-refractivity contribution is 7.99. The van der Waals surface area contributed by atoms with Crippen molar-refractivity contribution in [3.8, 4) is 28.7 Å². The molecule has 0 radical (unpaired) electrons. The minimum Gasteiger partial charge on any atom is -0.507 e. The first kappa shape index (κ1) is 23.7. The monoisotopic (exact) mass is 470 g/mol. The third-order valence-electron chi connectivity index (χ3n) is 5.05. The van der Waals surface area contributed by atoms with Gasteiger partial charge >= 0.3 is 0 Å². The van der Waals surface area contributed by atoms with Gasteiger partial charge in [0.15, 0.2) is 17.6 Å². The van der Waals surface area contributed by atoms with E-state index in [1.165, 1.54) is 47.8 Å². The molecule has 10 heteroatoms. The highest BCUT2D eigenvalue weighted by Crippen LogP contribution is 2.56. The molecule has 1 aliphatic heterocycles. The number of hydrogen-bond donors (Lipinski definition) is 7. The zero-order chi connectivity index (χ0) is 22.7. The van der Waals surface area contributed by atoms with E-state index in [9.17, 15) is 30.6 Å². The Balaban J connectivity index is 2.15. The molecule has 0 saturated carbocycles. The molecular formula is C21H26O8S2. The molecule has 0 saturated heterocycles. The fourth-order valence-electron chi connectivity index (χ4n) is 3.64. The summed E-state index contributed by atoms with van der Waals surface area (Å²) in [6.07, 6.45) is -2.12. The molecule has 7 N–H and O–H groups in total. The van der Waals surface area contributed by atoms with Gasteiger partial charge in [0.2, 0.25) is 0 Å². The lowest BCUT2D eigenvalue weighted by atomic mass is 9.91. The van der Waals surface area contributed by atoms with Crippen molar-refractivity contribution in [3.05, 3.63) is 41.0 Å². The standard InChI is InChI=1S/C21H26O8S2/c1-10(30-6-4-22)16-14(26)9-15(27)17-20(16)29-19(18(28)21(17)31-7-5-23)11-2-3-12(24)13(25)8-11/h2-3,8-10,18-19,21-28H,4-7H2,1H3/t10-,18+,19-,21+/m1/s1. The second kappa shape index (κ2) is 10.1. The van der Waals surface area contributed by atoms with Crippen LogP contribution in [0.15, 0.2) is 24.3 Å². The van der Waals surface area contributed by atoms with Crippen LogP contribution in [0.2, 0.25) is 0 Å². The van der Waals surface area contributed by atoms with E-state index in [4.69, 9.17) is 9.84 Å². The zero-order valence-electron chi connectivity index (χ0n) is 16.8. The molecule has 2 aromatic carbocycles. The minimum absolute atomic E-state index is 0.0417. The van der Waals surface area contributed by atoms with E-state index in [0.717, 1.165) is 0 Å². The smallest absolute Gasteiger partial charge is 0.157 e. The number of hydrogen-bond acceptors (Lipinski definition) is 10. The second-order valence-corrected chi connectivity index (χ2v) is 9.80. The van der Waals surface area contributed by atoms with Crippen LogP contribution in [0.5, 0.6) is 28.7 Å². The molecule has 0 fully saturated rings. The van der Waals surface area contributed by atoms with Gasteiger partial charge in [0.1, 0.15) is 23.4 Å². The first-order valence-electron chi connectivity index (χ1n) is 9.70. The molecule has 0 unspecified atom stereocenters. The van der Waals surface area contributed by atoms with Crippen LogP contribution in [0.25, 0.3) is 0 Å². The maximum absolute atomic E-state index is 11.1. The van der Waals surface area contributed by atoms with Gasteiger partial charge in [-0.15, -0.1) is 11.8 Å². The van der Waals surface area contributed by atoms with Crippen LogP contribution in [0, 0.1) is 0 Å². The summed E-state index contributed by atoms with van der Waals surface area (Å²) < 4.78 is 6.11. The number of phenols is 4. The van der Waals surface area contributed by atoms with E-state index in [1.54, 1.807) is 0 Å². The molecule has 8 nitrogen and oxygen atoms in total. The Labute approximate surface area is 188 Å². The van der Waals surface area contributed by atoms with Crippen LogP contribution < -0.4 is 4.74 Å². The first-order chi connectivity index (χ1) is 14.8. The molecule has 1 aliphatic rings. The Hall–Kier alpha value is -1.98. The highest BCUT2D eigenvalue weighted by atomic mass is 32.2. The molecule has 4 atom stereocenters. The van der Waals surface area contributed by atoms with Gasteiger partial charge in [0, 0.05) is 28.4 Å². The third kappa shape index (κ3) is 4.78. The second-order valence-electron chi connectivity index (χ2n) is 7.10. The topological polar surface area (TPSA) is 151 Å². The molecule has 0 amide bonds. The number of thioether (sulfide) groups is 2. The third-order valence-corrected chi connectivity index (χ3v) is 7.49. The quantitative estimate of drug-likeness (QED) is 0.287. The normalized spacial score (nSPS) is 21.4. The van der Waals surface area contributed by atoms with Crippen molar-refractivity contribution in [2.45, 2.75) is 29.6 Å². The van der Waals surface area contributed by atoms with Gasteiger partial charge in [-0.3, -0.25) is 0 Å². The van der Waals surface area contributed by atoms with E-state index in [0.29, 0.717) is 28.2 Å². The summed E-state index contributed by atoms with van der Waals surface area (Å²) in [6, 6.07) is 5.29. The fraction of sp³-hybridized carbons (Fsp3) is 0.429. The summed E-state index contributed by atoms with van der Waals surface area (Å²) in [6.45, 7) is 1.65. The summed E-state index contributed by atoms with van der Waals surface area (Å²) in [4.78, 5) is 0. The number of aromatic hydroxyl groups is 4. The molecule has 2 aromatic rings. The summed E-state index contributed by atoms with van der Waals surface area (Å²) in [5.41, 5.74) is 1.13. The number of fused-ring (bicyclic) bond motifs is 1. The molecule has 170 valence electrons. The van der Waals surface area contributed by atoms with Crippen LogP contribution in [0.3, 0.4) is 0 Å². The number of ether oxygens (including phenoxy) is 1. The Kier molecular flexibility index (Phi) is 7.71. The molecule has 0 bridgehead atoms. The van der Waals surface area contributed by atoms with Gasteiger partial charge in [0.25, 0.3) is 0 Å². The Morgan fingerprint density at radius 3 is 2.29 bits per heavy atom. The van der Waals surface area contributed by atoms with Crippen molar-refractivity contribution in [2.75, 3.05) is 24.7 Å². The van der Waals surface area contributed by atoms with Crippen LogP contribution in [0.4, 0.5) is 0 Å². The van der Waals surface area contributed by atoms with Gasteiger partial charge in [-0.25, -0.2) is 0 Å². The van der Waals surface area contributed by atoms with Crippen LogP contribution in [-0.2, 0) is 0 Å². The summed E-state index contributed by atoms with van der Waals surface area (Å²) in [5, 5.41) is 69.3. The van der Waals surface area contributed by atoms with Crippen LogP contribution in [-0.4, -0.2) is 66.6 Å². The van der Waals surface area contributed by atoms with E-state index in [-0.39, 0.29) is 47.2 Å². The highest BCUT2D eigenvalue weighted by Gasteiger charge is 2.42. The minimum atomic E-state index is -1.16. The molecular weight excluding hydrogens is 444 g/mol. The van der Waals surface area contributed by atoms with Gasteiger partial charge < -0.3 is 40.5 Å². The summed E-state index contributed by atoms with van der Waals surface area (Å²) in [5.74, 6) is -0.166. The predicted molar refractivity (Wildman–Crippen MR) is 119 cm³/mol. The van der Waals surface area contributed by atoms with E-state index in [1.807, 2.05) is 6.92 Å². The predicted octanol–water partition coefficient (Wildman–Crippen LogP) is 2.56. The van der Waals surface area contributed by atoms with Crippen molar-refractivity contribution in [1.29, 1.82) is 0 Å². The average molecular weight is 471 g/mol. The van der Waals surface area contributed by atoms with Crippen molar-refractivity contribution in [2.24, 2.45) is 0 Å². The fourth-order valence-corrected chi connectivity index (χ4v) is 5.59. The lowest BCUT2D eigenvalue weighted by molar-refractivity contribution is 0.0167. The number of aliphatic hydroxyl groups excluding tert-OH is 3. The van der Waals surface area contributed by atoms with Crippen molar-refractivity contribution in [1.82, 2.24) is 0 Å². The molecule has 0 spiro atoms. The number of aliphatic hydroxyl groups is 3. The Morgan fingerprint density at radius 1 is 0.935 bits per heavy atom. The van der Waals surface area contributed by atoms with Gasteiger partial charge in [-0.05, 0) is 24.6 Å². The maximum Gasteiger partial charge on any atom is 0.157 e. The maximum atomic E-state index is 11.1. The summed E-state index contributed by atoms with van der Waals surface area (Å²) >= 11 is 2.62.